The van der Waals surface area contributed by atoms with Crippen LogP contribution >= 0.6 is 0 Å². The summed E-state index contributed by atoms with van der Waals surface area (Å²) in [6.45, 7) is 0. The Morgan fingerprint density at radius 1 is 0.875 bits per heavy atom. The summed E-state index contributed by atoms with van der Waals surface area (Å²) < 4.78 is 44.1. The van der Waals surface area contributed by atoms with Gasteiger partial charge in [-0.1, -0.05) is 30.3 Å². The average Bonchev–Trinajstić information content (AvgIpc) is 2.57. The predicted octanol–water partition coefficient (Wildman–Crippen LogP) is 5.64. The molecule has 24 heavy (non-hydrogen) atoms. The number of aromatic nitrogens is 1. The molecule has 6 heteroatoms. The maximum Gasteiger partial charge on any atom is 0.433 e. The number of para-hydroxylation sites is 3. The SMILES string of the molecule is FC(F)(F)c1cc(Nc2ccccc2Oc2ccccc2)ccn1. The third-order valence-electron chi connectivity index (χ3n) is 3.19. The van der Waals surface area contributed by atoms with E-state index in [-0.39, 0.29) is 5.69 Å². The fourth-order valence-corrected chi connectivity index (χ4v) is 2.09. The lowest BCUT2D eigenvalue weighted by Gasteiger charge is -2.14. The smallest absolute Gasteiger partial charge is 0.433 e. The molecule has 0 amide bonds. The summed E-state index contributed by atoms with van der Waals surface area (Å²) in [6.07, 6.45) is -3.37. The molecule has 0 aliphatic carbocycles. The third kappa shape index (κ3) is 3.84. The van der Waals surface area contributed by atoms with E-state index in [0.29, 0.717) is 17.2 Å². The van der Waals surface area contributed by atoms with Gasteiger partial charge in [-0.25, -0.2) is 0 Å². The Labute approximate surface area is 136 Å². The van der Waals surface area contributed by atoms with Crippen LogP contribution in [-0.2, 0) is 6.18 Å². The van der Waals surface area contributed by atoms with Gasteiger partial charge in [0.1, 0.15) is 11.4 Å². The second-order valence-corrected chi connectivity index (χ2v) is 4.96. The van der Waals surface area contributed by atoms with Gasteiger partial charge in [0.15, 0.2) is 5.75 Å². The molecular weight excluding hydrogens is 317 g/mol. The van der Waals surface area contributed by atoms with Crippen LogP contribution in [0.25, 0.3) is 0 Å². The van der Waals surface area contributed by atoms with E-state index in [1.165, 1.54) is 6.07 Å². The number of alkyl halides is 3. The van der Waals surface area contributed by atoms with Crippen molar-refractivity contribution in [3.8, 4) is 11.5 Å². The number of nitrogens with zero attached hydrogens (tertiary/aromatic N) is 1. The van der Waals surface area contributed by atoms with Gasteiger partial charge < -0.3 is 10.1 Å². The first-order valence-corrected chi connectivity index (χ1v) is 7.14. The first-order valence-electron chi connectivity index (χ1n) is 7.14. The number of rotatable bonds is 4. The molecule has 0 aliphatic heterocycles. The Hall–Kier alpha value is -3.02. The predicted molar refractivity (Wildman–Crippen MR) is 85.5 cm³/mol. The van der Waals surface area contributed by atoms with Gasteiger partial charge in [-0.2, -0.15) is 13.2 Å². The molecule has 1 N–H and O–H groups in total. The molecule has 1 aromatic heterocycles. The quantitative estimate of drug-likeness (QED) is 0.672. The van der Waals surface area contributed by atoms with Crippen molar-refractivity contribution in [1.82, 2.24) is 4.98 Å². The number of pyridine rings is 1. The molecule has 1 heterocycles. The van der Waals surface area contributed by atoms with Crippen molar-refractivity contribution in [3.63, 3.8) is 0 Å². The van der Waals surface area contributed by atoms with Crippen molar-refractivity contribution in [3.05, 3.63) is 78.6 Å². The minimum atomic E-state index is -4.49. The Balaban J connectivity index is 1.86. The molecule has 0 spiro atoms. The van der Waals surface area contributed by atoms with E-state index in [1.807, 2.05) is 18.2 Å². The normalized spacial score (nSPS) is 11.1. The van der Waals surface area contributed by atoms with Gasteiger partial charge in [-0.3, -0.25) is 4.98 Å². The number of hydrogen-bond acceptors (Lipinski definition) is 3. The van der Waals surface area contributed by atoms with Crippen molar-refractivity contribution in [1.29, 1.82) is 0 Å². The van der Waals surface area contributed by atoms with Gasteiger partial charge in [-0.05, 0) is 36.4 Å². The van der Waals surface area contributed by atoms with E-state index in [4.69, 9.17) is 4.74 Å². The van der Waals surface area contributed by atoms with Gasteiger partial charge in [-0.15, -0.1) is 0 Å². The summed E-state index contributed by atoms with van der Waals surface area (Å²) in [6, 6.07) is 18.6. The van der Waals surface area contributed by atoms with Crippen molar-refractivity contribution in [2.75, 3.05) is 5.32 Å². The van der Waals surface area contributed by atoms with Crippen molar-refractivity contribution in [2.45, 2.75) is 6.18 Å². The lowest BCUT2D eigenvalue weighted by Crippen LogP contribution is -2.08. The van der Waals surface area contributed by atoms with Crippen molar-refractivity contribution >= 4 is 11.4 Å². The van der Waals surface area contributed by atoms with Crippen LogP contribution in [0.2, 0.25) is 0 Å². The molecule has 0 atom stereocenters. The van der Waals surface area contributed by atoms with Crippen LogP contribution in [0, 0.1) is 0 Å². The molecule has 0 unspecified atom stereocenters. The number of nitrogens with one attached hydrogen (secondary N) is 1. The summed E-state index contributed by atoms with van der Waals surface area (Å²) in [5.74, 6) is 1.14. The van der Waals surface area contributed by atoms with Gasteiger partial charge in [0.25, 0.3) is 0 Å². The van der Waals surface area contributed by atoms with Crippen LogP contribution in [0.4, 0.5) is 24.5 Å². The highest BCUT2D eigenvalue weighted by Gasteiger charge is 2.32. The minimum Gasteiger partial charge on any atom is -0.455 e. The Morgan fingerprint density at radius 3 is 2.33 bits per heavy atom. The van der Waals surface area contributed by atoms with Crippen LogP contribution in [0.15, 0.2) is 72.9 Å². The molecule has 0 fully saturated rings. The first-order chi connectivity index (χ1) is 11.5. The molecule has 122 valence electrons. The van der Waals surface area contributed by atoms with Gasteiger partial charge in [0, 0.05) is 11.9 Å². The van der Waals surface area contributed by atoms with E-state index >= 15 is 0 Å². The van der Waals surface area contributed by atoms with E-state index < -0.39 is 11.9 Å². The Morgan fingerprint density at radius 2 is 1.58 bits per heavy atom. The monoisotopic (exact) mass is 330 g/mol. The lowest BCUT2D eigenvalue weighted by atomic mass is 10.2. The largest absolute Gasteiger partial charge is 0.455 e. The second-order valence-electron chi connectivity index (χ2n) is 4.96. The van der Waals surface area contributed by atoms with Crippen molar-refractivity contribution < 1.29 is 17.9 Å². The molecule has 3 aromatic rings. The summed E-state index contributed by atoms with van der Waals surface area (Å²) in [5.41, 5.74) is -0.115. The minimum absolute atomic E-state index is 0.279. The molecule has 0 saturated carbocycles. The van der Waals surface area contributed by atoms with E-state index in [0.717, 1.165) is 12.3 Å². The molecule has 2 aromatic carbocycles. The number of ether oxygens (including phenoxy) is 1. The highest BCUT2D eigenvalue weighted by atomic mass is 19.4. The second kappa shape index (κ2) is 6.62. The number of benzene rings is 2. The van der Waals surface area contributed by atoms with Crippen LogP contribution in [-0.4, -0.2) is 4.98 Å². The van der Waals surface area contributed by atoms with Crippen molar-refractivity contribution in [2.24, 2.45) is 0 Å². The number of hydrogen-bond donors (Lipinski definition) is 1. The highest BCUT2D eigenvalue weighted by Crippen LogP contribution is 2.33. The summed E-state index contributed by atoms with van der Waals surface area (Å²) in [5, 5.41) is 2.94. The molecule has 0 aliphatic rings. The lowest BCUT2D eigenvalue weighted by molar-refractivity contribution is -0.141. The highest BCUT2D eigenvalue weighted by molar-refractivity contribution is 5.66. The molecule has 0 bridgehead atoms. The summed E-state index contributed by atoms with van der Waals surface area (Å²) in [4.78, 5) is 3.35. The number of anilines is 2. The van der Waals surface area contributed by atoms with E-state index in [9.17, 15) is 13.2 Å². The van der Waals surface area contributed by atoms with Crippen LogP contribution < -0.4 is 10.1 Å². The zero-order valence-corrected chi connectivity index (χ0v) is 12.4. The number of halogens is 3. The van der Waals surface area contributed by atoms with Crippen LogP contribution in [0.1, 0.15) is 5.69 Å². The van der Waals surface area contributed by atoms with E-state index in [1.54, 1.807) is 36.4 Å². The summed E-state index contributed by atoms with van der Waals surface area (Å²) >= 11 is 0. The average molecular weight is 330 g/mol. The van der Waals surface area contributed by atoms with Gasteiger partial charge in [0.2, 0.25) is 0 Å². The van der Waals surface area contributed by atoms with E-state index in [2.05, 4.69) is 10.3 Å². The zero-order valence-electron chi connectivity index (χ0n) is 12.4. The molecule has 0 saturated heterocycles. The molecular formula is C18H13F3N2O. The van der Waals surface area contributed by atoms with Crippen LogP contribution in [0.3, 0.4) is 0 Å². The maximum atomic E-state index is 12.8. The fraction of sp³-hybridized carbons (Fsp3) is 0.0556. The van der Waals surface area contributed by atoms with Crippen LogP contribution in [0.5, 0.6) is 11.5 Å². The molecule has 3 rings (SSSR count). The topological polar surface area (TPSA) is 34.1 Å². The first kappa shape index (κ1) is 15.9. The Bertz CT molecular complexity index is 820. The fourth-order valence-electron chi connectivity index (χ4n) is 2.09. The summed E-state index contributed by atoms with van der Waals surface area (Å²) in [7, 11) is 0. The maximum absolute atomic E-state index is 12.8. The van der Waals surface area contributed by atoms with Gasteiger partial charge >= 0.3 is 6.18 Å². The standard InChI is InChI=1S/C18H13F3N2O/c19-18(20,21)17-12-13(10-11-22-17)23-15-8-4-5-9-16(15)24-14-6-2-1-3-7-14/h1-12H,(H,22,23). The molecule has 3 nitrogen and oxygen atoms in total. The Kier molecular flexibility index (Phi) is 4.37. The zero-order chi connectivity index (χ0) is 17.0. The third-order valence-corrected chi connectivity index (χ3v) is 3.19. The van der Waals surface area contributed by atoms with Gasteiger partial charge in [0.05, 0.1) is 5.69 Å². The molecule has 0 radical (unpaired) electrons.